The Hall–Kier alpha value is -0.610. The summed E-state index contributed by atoms with van der Waals surface area (Å²) in [5.41, 5.74) is -0.314. The number of carbonyl (C=O) groups is 1. The number of nitrogens with zero attached hydrogens (tertiary/aromatic N) is 1. The molecule has 1 amide bonds. The van der Waals surface area contributed by atoms with E-state index in [2.05, 4.69) is 24.1 Å². The van der Waals surface area contributed by atoms with Crippen molar-refractivity contribution in [1.29, 1.82) is 0 Å². The highest BCUT2D eigenvalue weighted by Gasteiger charge is 2.36. The number of nitrogens with one attached hydrogen (secondary N) is 1. The Balaban J connectivity index is 2.57. The van der Waals surface area contributed by atoms with E-state index < -0.39 is 6.10 Å². The molecule has 1 rings (SSSR count). The molecule has 1 heterocycles. The predicted octanol–water partition coefficient (Wildman–Crippen LogP) is 2.41. The third-order valence-electron chi connectivity index (χ3n) is 5.00. The predicted molar refractivity (Wildman–Crippen MR) is 87.1 cm³/mol. The van der Waals surface area contributed by atoms with Gasteiger partial charge in [-0.05, 0) is 39.5 Å². The van der Waals surface area contributed by atoms with Crippen LogP contribution in [0.25, 0.3) is 0 Å². The first-order valence-electron chi connectivity index (χ1n) is 8.31. The third-order valence-corrected chi connectivity index (χ3v) is 5.00. The summed E-state index contributed by atoms with van der Waals surface area (Å²) < 4.78 is 0. The Bertz CT molecular complexity index is 345. The van der Waals surface area contributed by atoms with Crippen LogP contribution in [0, 0.1) is 11.3 Å². The molecular weight excluding hydrogens is 264 g/mol. The Kier molecular flexibility index (Phi) is 6.23. The lowest BCUT2D eigenvalue weighted by Crippen LogP contribution is -2.52. The normalized spacial score (nSPS) is 26.9. The smallest absolute Gasteiger partial charge is 0.237 e. The van der Waals surface area contributed by atoms with Gasteiger partial charge in [-0.15, -0.1) is 0 Å². The van der Waals surface area contributed by atoms with Gasteiger partial charge < -0.3 is 10.4 Å². The second kappa shape index (κ2) is 7.10. The number of aliphatic hydroxyl groups is 1. The summed E-state index contributed by atoms with van der Waals surface area (Å²) in [6, 6.07) is 0.828. The fraction of sp³-hybridized carbons (Fsp3) is 0.941. The minimum absolute atomic E-state index is 0.0691. The van der Waals surface area contributed by atoms with Gasteiger partial charge in [-0.1, -0.05) is 27.7 Å². The molecule has 0 aromatic heterocycles. The van der Waals surface area contributed by atoms with Gasteiger partial charge in [0.15, 0.2) is 0 Å². The molecule has 124 valence electrons. The summed E-state index contributed by atoms with van der Waals surface area (Å²) in [4.78, 5) is 14.7. The zero-order valence-corrected chi connectivity index (χ0v) is 14.8. The summed E-state index contributed by atoms with van der Waals surface area (Å²) in [6.45, 7) is 14.9. The van der Waals surface area contributed by atoms with E-state index in [-0.39, 0.29) is 23.3 Å². The fourth-order valence-corrected chi connectivity index (χ4v) is 3.58. The number of hydrogen-bond donors (Lipinski definition) is 2. The summed E-state index contributed by atoms with van der Waals surface area (Å²) in [6.07, 6.45) is 1.91. The second-order valence-electron chi connectivity index (χ2n) is 7.79. The van der Waals surface area contributed by atoms with E-state index in [1.807, 2.05) is 34.6 Å². The second-order valence-corrected chi connectivity index (χ2v) is 7.79. The lowest BCUT2D eigenvalue weighted by atomic mass is 9.80. The topological polar surface area (TPSA) is 52.6 Å². The molecule has 21 heavy (non-hydrogen) atoms. The van der Waals surface area contributed by atoms with Crippen LogP contribution in [0.1, 0.15) is 61.3 Å². The van der Waals surface area contributed by atoms with Crippen LogP contribution < -0.4 is 5.32 Å². The van der Waals surface area contributed by atoms with Crippen LogP contribution in [0.2, 0.25) is 0 Å². The Morgan fingerprint density at radius 1 is 1.24 bits per heavy atom. The van der Waals surface area contributed by atoms with E-state index in [4.69, 9.17) is 0 Å². The molecular formula is C17H34N2O2. The van der Waals surface area contributed by atoms with Gasteiger partial charge in [-0.2, -0.15) is 0 Å². The highest BCUT2D eigenvalue weighted by atomic mass is 16.3. The molecule has 4 unspecified atom stereocenters. The average Bonchev–Trinajstić information content (AvgIpc) is 2.73. The lowest BCUT2D eigenvalue weighted by Gasteiger charge is -2.35. The van der Waals surface area contributed by atoms with E-state index in [0.29, 0.717) is 18.6 Å². The first kappa shape index (κ1) is 18.4. The van der Waals surface area contributed by atoms with Crippen LogP contribution in [-0.4, -0.2) is 46.7 Å². The first-order chi connectivity index (χ1) is 9.58. The number of amides is 1. The largest absolute Gasteiger partial charge is 0.392 e. The van der Waals surface area contributed by atoms with Gasteiger partial charge in [0, 0.05) is 24.0 Å². The average molecular weight is 298 g/mol. The molecule has 1 aliphatic heterocycles. The maximum absolute atomic E-state index is 12.4. The van der Waals surface area contributed by atoms with E-state index in [0.717, 1.165) is 12.8 Å². The standard InChI is InChI=1S/C17H34N2O2/c1-11(2)15(20)17(6,7)10-18-16(21)14(5)19-12(3)8-9-13(19)4/h11-15,20H,8-10H2,1-7H3,(H,18,21). The van der Waals surface area contributed by atoms with Crippen LogP contribution in [-0.2, 0) is 4.79 Å². The van der Waals surface area contributed by atoms with Crippen LogP contribution >= 0.6 is 0 Å². The van der Waals surface area contributed by atoms with Crippen molar-refractivity contribution >= 4 is 5.91 Å². The zero-order chi connectivity index (χ0) is 16.4. The molecule has 0 spiro atoms. The van der Waals surface area contributed by atoms with E-state index in [1.165, 1.54) is 0 Å². The molecule has 0 bridgehead atoms. The van der Waals surface area contributed by atoms with Gasteiger partial charge in [-0.3, -0.25) is 9.69 Å². The third kappa shape index (κ3) is 4.43. The van der Waals surface area contributed by atoms with Crippen molar-refractivity contribution in [1.82, 2.24) is 10.2 Å². The van der Waals surface area contributed by atoms with E-state index >= 15 is 0 Å². The Morgan fingerprint density at radius 2 is 1.71 bits per heavy atom. The summed E-state index contributed by atoms with van der Waals surface area (Å²) in [7, 11) is 0. The van der Waals surface area contributed by atoms with E-state index in [9.17, 15) is 9.90 Å². The van der Waals surface area contributed by atoms with Gasteiger partial charge in [0.2, 0.25) is 5.91 Å². The summed E-state index contributed by atoms with van der Waals surface area (Å²) in [5, 5.41) is 13.3. The van der Waals surface area contributed by atoms with Crippen LogP contribution in [0.4, 0.5) is 0 Å². The van der Waals surface area contributed by atoms with Gasteiger partial charge in [-0.25, -0.2) is 0 Å². The van der Waals surface area contributed by atoms with Crippen LogP contribution in [0.15, 0.2) is 0 Å². The van der Waals surface area contributed by atoms with Crippen molar-refractivity contribution in [3.63, 3.8) is 0 Å². The molecule has 1 fully saturated rings. The number of carbonyl (C=O) groups excluding carboxylic acids is 1. The molecule has 0 aromatic rings. The molecule has 4 heteroatoms. The Morgan fingerprint density at radius 3 is 2.14 bits per heavy atom. The Labute approximate surface area is 130 Å². The molecule has 0 aliphatic carbocycles. The van der Waals surface area contributed by atoms with Crippen molar-refractivity contribution < 1.29 is 9.90 Å². The van der Waals surface area contributed by atoms with Crippen LogP contribution in [0.3, 0.4) is 0 Å². The molecule has 4 nitrogen and oxygen atoms in total. The summed E-state index contributed by atoms with van der Waals surface area (Å²) >= 11 is 0. The maximum atomic E-state index is 12.4. The molecule has 1 aliphatic rings. The van der Waals surface area contributed by atoms with Gasteiger partial charge >= 0.3 is 0 Å². The molecule has 0 radical (unpaired) electrons. The van der Waals surface area contributed by atoms with Gasteiger partial charge in [0.1, 0.15) is 0 Å². The van der Waals surface area contributed by atoms with Crippen molar-refractivity contribution in [2.45, 2.75) is 85.5 Å². The lowest BCUT2D eigenvalue weighted by molar-refractivity contribution is -0.127. The molecule has 0 saturated carbocycles. The molecule has 1 saturated heterocycles. The maximum Gasteiger partial charge on any atom is 0.237 e. The zero-order valence-electron chi connectivity index (χ0n) is 14.8. The SMILES string of the molecule is CC(C)C(O)C(C)(C)CNC(=O)C(C)N1C(C)CCC1C. The van der Waals surface area contributed by atoms with E-state index in [1.54, 1.807) is 0 Å². The van der Waals surface area contributed by atoms with Crippen molar-refractivity contribution in [2.24, 2.45) is 11.3 Å². The van der Waals surface area contributed by atoms with Crippen molar-refractivity contribution in [3.05, 3.63) is 0 Å². The van der Waals surface area contributed by atoms with Crippen LogP contribution in [0.5, 0.6) is 0 Å². The number of likely N-dealkylation sites (tertiary alicyclic amines) is 1. The molecule has 4 atom stereocenters. The highest BCUT2D eigenvalue weighted by Crippen LogP contribution is 2.27. The summed E-state index contributed by atoms with van der Waals surface area (Å²) in [5.74, 6) is 0.257. The van der Waals surface area contributed by atoms with Gasteiger partial charge in [0.25, 0.3) is 0 Å². The van der Waals surface area contributed by atoms with Crippen molar-refractivity contribution in [3.8, 4) is 0 Å². The fourth-order valence-electron chi connectivity index (χ4n) is 3.58. The number of hydrogen-bond acceptors (Lipinski definition) is 3. The van der Waals surface area contributed by atoms with Gasteiger partial charge in [0.05, 0.1) is 12.1 Å². The minimum Gasteiger partial charge on any atom is -0.392 e. The minimum atomic E-state index is -0.419. The quantitative estimate of drug-likeness (QED) is 0.792. The first-order valence-corrected chi connectivity index (χ1v) is 8.31. The molecule has 2 N–H and O–H groups in total. The van der Waals surface area contributed by atoms with Crippen molar-refractivity contribution in [2.75, 3.05) is 6.54 Å². The molecule has 0 aromatic carbocycles. The highest BCUT2D eigenvalue weighted by molar-refractivity contribution is 5.81. The number of rotatable bonds is 6. The monoisotopic (exact) mass is 298 g/mol. The number of aliphatic hydroxyl groups excluding tert-OH is 1.